The van der Waals surface area contributed by atoms with Gasteiger partial charge in [-0.05, 0) is 56.8 Å². The first kappa shape index (κ1) is 16.0. The average molecular weight is 306 g/mol. The summed E-state index contributed by atoms with van der Waals surface area (Å²) in [6, 6.07) is 4.95. The van der Waals surface area contributed by atoms with E-state index in [-0.39, 0.29) is 0 Å². The highest BCUT2D eigenvalue weighted by molar-refractivity contribution is 5.17. The second kappa shape index (κ2) is 7.62. The number of rotatable bonds is 8. The Hall–Kier alpha value is -0.840. The molecule has 2 heterocycles. The molecule has 0 spiro atoms. The lowest BCUT2D eigenvalue weighted by Gasteiger charge is -2.32. The van der Waals surface area contributed by atoms with E-state index in [2.05, 4.69) is 29.3 Å². The van der Waals surface area contributed by atoms with Gasteiger partial charge in [0.2, 0.25) is 0 Å². The van der Waals surface area contributed by atoms with Crippen molar-refractivity contribution in [3.8, 4) is 0 Å². The molecule has 2 aliphatic rings. The molecule has 0 radical (unpaired) electrons. The summed E-state index contributed by atoms with van der Waals surface area (Å²) in [5.41, 5.74) is 0. The highest BCUT2D eigenvalue weighted by Crippen LogP contribution is 2.47. The lowest BCUT2D eigenvalue weighted by Crippen LogP contribution is -2.42. The van der Waals surface area contributed by atoms with Gasteiger partial charge in [0.1, 0.15) is 11.5 Å². The van der Waals surface area contributed by atoms with Gasteiger partial charge in [-0.1, -0.05) is 6.92 Å². The van der Waals surface area contributed by atoms with Gasteiger partial charge in [0.15, 0.2) is 0 Å². The summed E-state index contributed by atoms with van der Waals surface area (Å²) in [7, 11) is 1.78. The van der Waals surface area contributed by atoms with Gasteiger partial charge in [-0.3, -0.25) is 0 Å². The van der Waals surface area contributed by atoms with E-state index in [9.17, 15) is 0 Å². The number of nitrogens with zero attached hydrogens (tertiary/aromatic N) is 1. The van der Waals surface area contributed by atoms with Crippen LogP contribution in [0.25, 0.3) is 0 Å². The summed E-state index contributed by atoms with van der Waals surface area (Å²) in [5.74, 6) is 3.78. The molecule has 4 nitrogen and oxygen atoms in total. The number of nitrogens with one attached hydrogen (secondary N) is 1. The van der Waals surface area contributed by atoms with E-state index >= 15 is 0 Å². The van der Waals surface area contributed by atoms with E-state index in [4.69, 9.17) is 9.15 Å². The molecule has 2 fully saturated rings. The summed E-state index contributed by atoms with van der Waals surface area (Å²) in [6.45, 7) is 7.61. The van der Waals surface area contributed by atoms with Crippen LogP contribution in [0.1, 0.15) is 50.0 Å². The largest absolute Gasteiger partial charge is 0.464 e. The van der Waals surface area contributed by atoms with Crippen molar-refractivity contribution in [1.82, 2.24) is 10.2 Å². The van der Waals surface area contributed by atoms with E-state index in [1.54, 1.807) is 7.11 Å². The Morgan fingerprint density at radius 3 is 2.77 bits per heavy atom. The van der Waals surface area contributed by atoms with Gasteiger partial charge in [-0.2, -0.15) is 0 Å². The maximum absolute atomic E-state index is 5.97. The number of hydrogen-bond donors (Lipinski definition) is 1. The lowest BCUT2D eigenvalue weighted by atomic mass is 10.0. The number of furan rings is 1. The highest BCUT2D eigenvalue weighted by atomic mass is 16.5. The Balaban J connectivity index is 1.34. The molecule has 124 valence electrons. The normalized spacial score (nSPS) is 26.5. The second-order valence-electron chi connectivity index (χ2n) is 6.97. The smallest absolute Gasteiger partial charge is 0.117 e. The molecule has 0 amide bonds. The van der Waals surface area contributed by atoms with Gasteiger partial charge in [0, 0.05) is 32.2 Å². The predicted molar refractivity (Wildman–Crippen MR) is 88.0 cm³/mol. The summed E-state index contributed by atoms with van der Waals surface area (Å²) in [6.07, 6.45) is 4.91. The Bertz CT molecular complexity index is 452. The first-order valence-corrected chi connectivity index (χ1v) is 8.79. The minimum Gasteiger partial charge on any atom is -0.464 e. The third-order valence-corrected chi connectivity index (χ3v) is 5.13. The van der Waals surface area contributed by atoms with E-state index < -0.39 is 0 Å². The van der Waals surface area contributed by atoms with Gasteiger partial charge in [0.05, 0.1) is 6.54 Å². The highest BCUT2D eigenvalue weighted by Gasteiger charge is 2.36. The summed E-state index contributed by atoms with van der Waals surface area (Å²) >= 11 is 0. The number of likely N-dealkylation sites (tertiary alicyclic amines) is 1. The van der Waals surface area contributed by atoms with Crippen LogP contribution >= 0.6 is 0 Å². The zero-order chi connectivity index (χ0) is 15.4. The minimum absolute atomic E-state index is 0.632. The summed E-state index contributed by atoms with van der Waals surface area (Å²) in [5, 5.41) is 3.66. The average Bonchev–Trinajstić information content (AvgIpc) is 3.09. The zero-order valence-electron chi connectivity index (χ0n) is 14.0. The summed E-state index contributed by atoms with van der Waals surface area (Å²) < 4.78 is 11.1. The number of methoxy groups -OCH3 is 1. The van der Waals surface area contributed by atoms with Gasteiger partial charge >= 0.3 is 0 Å². The molecular weight excluding hydrogens is 276 g/mol. The monoisotopic (exact) mass is 306 g/mol. The van der Waals surface area contributed by atoms with Crippen molar-refractivity contribution in [3.63, 3.8) is 0 Å². The van der Waals surface area contributed by atoms with Crippen molar-refractivity contribution in [2.45, 2.75) is 51.1 Å². The standard InChI is InChI=1S/C18H30N2O2/c1-14-12-17(14)18-5-4-16(22-18)13-19-15-6-9-20(10-7-15)8-3-11-21-2/h4-5,14-15,17,19H,3,6-13H2,1-2H3. The van der Waals surface area contributed by atoms with Crippen molar-refractivity contribution in [3.05, 3.63) is 23.7 Å². The number of piperidine rings is 1. The van der Waals surface area contributed by atoms with Crippen molar-refractivity contribution < 1.29 is 9.15 Å². The van der Waals surface area contributed by atoms with Crippen LogP contribution in [0.2, 0.25) is 0 Å². The SMILES string of the molecule is COCCCN1CCC(NCc2ccc(C3CC3C)o2)CC1. The number of hydrogen-bond acceptors (Lipinski definition) is 4. The molecule has 2 unspecified atom stereocenters. The summed E-state index contributed by atoms with van der Waals surface area (Å²) in [4.78, 5) is 2.55. The maximum atomic E-state index is 5.97. The van der Waals surface area contributed by atoms with Gasteiger partial charge in [0.25, 0.3) is 0 Å². The third-order valence-electron chi connectivity index (χ3n) is 5.13. The van der Waals surface area contributed by atoms with E-state index in [1.165, 1.54) is 44.7 Å². The molecule has 2 atom stereocenters. The molecule has 1 saturated heterocycles. The van der Waals surface area contributed by atoms with E-state index in [0.717, 1.165) is 31.3 Å². The Kier molecular flexibility index (Phi) is 5.55. The Morgan fingerprint density at radius 1 is 1.32 bits per heavy atom. The molecule has 1 N–H and O–H groups in total. The van der Waals surface area contributed by atoms with Crippen LogP contribution in [0, 0.1) is 5.92 Å². The molecule has 22 heavy (non-hydrogen) atoms. The van der Waals surface area contributed by atoms with Crippen molar-refractivity contribution in [1.29, 1.82) is 0 Å². The van der Waals surface area contributed by atoms with Crippen LogP contribution in [-0.2, 0) is 11.3 Å². The fraction of sp³-hybridized carbons (Fsp3) is 0.778. The molecule has 1 saturated carbocycles. The number of ether oxygens (including phenoxy) is 1. The first-order chi connectivity index (χ1) is 10.8. The quantitative estimate of drug-likeness (QED) is 0.749. The lowest BCUT2D eigenvalue weighted by molar-refractivity contribution is 0.152. The Morgan fingerprint density at radius 2 is 2.09 bits per heavy atom. The first-order valence-electron chi connectivity index (χ1n) is 8.79. The van der Waals surface area contributed by atoms with Gasteiger partial charge in [-0.15, -0.1) is 0 Å². The second-order valence-corrected chi connectivity index (χ2v) is 6.97. The molecule has 1 aromatic rings. The van der Waals surface area contributed by atoms with E-state index in [0.29, 0.717) is 12.0 Å². The topological polar surface area (TPSA) is 37.6 Å². The molecule has 1 aliphatic heterocycles. The Labute approximate surface area is 134 Å². The zero-order valence-corrected chi connectivity index (χ0v) is 14.0. The third kappa shape index (κ3) is 4.34. The van der Waals surface area contributed by atoms with Crippen LogP contribution in [-0.4, -0.2) is 44.3 Å². The fourth-order valence-corrected chi connectivity index (χ4v) is 3.45. The van der Waals surface area contributed by atoms with Crippen LogP contribution in [0.4, 0.5) is 0 Å². The molecule has 1 aliphatic carbocycles. The molecule has 4 heteroatoms. The molecule has 3 rings (SSSR count). The van der Waals surface area contributed by atoms with Gasteiger partial charge < -0.3 is 19.4 Å². The van der Waals surface area contributed by atoms with Crippen molar-refractivity contribution >= 4 is 0 Å². The van der Waals surface area contributed by atoms with Crippen LogP contribution < -0.4 is 5.32 Å². The van der Waals surface area contributed by atoms with Gasteiger partial charge in [-0.25, -0.2) is 0 Å². The van der Waals surface area contributed by atoms with Crippen molar-refractivity contribution in [2.24, 2.45) is 5.92 Å². The van der Waals surface area contributed by atoms with Crippen LogP contribution in [0.3, 0.4) is 0 Å². The van der Waals surface area contributed by atoms with Crippen molar-refractivity contribution in [2.75, 3.05) is 33.4 Å². The molecule has 1 aromatic heterocycles. The minimum atomic E-state index is 0.632. The molecule has 0 aromatic carbocycles. The predicted octanol–water partition coefficient (Wildman–Crippen LogP) is 2.99. The van der Waals surface area contributed by atoms with E-state index in [1.807, 2.05) is 0 Å². The maximum Gasteiger partial charge on any atom is 0.117 e. The fourth-order valence-electron chi connectivity index (χ4n) is 3.45. The van der Waals surface area contributed by atoms with Crippen LogP contribution in [0.5, 0.6) is 0 Å². The van der Waals surface area contributed by atoms with Crippen LogP contribution in [0.15, 0.2) is 16.5 Å². The molecular formula is C18H30N2O2. The molecule has 0 bridgehead atoms.